The minimum atomic E-state index is -5.78. The number of methoxy groups -OCH3 is 1. The highest BCUT2D eigenvalue weighted by Crippen LogP contribution is 2.42. The highest BCUT2D eigenvalue weighted by Gasteiger charge is 2.56. The number of ether oxygens (including phenoxy) is 1. The molecule has 0 radical (unpaired) electrons. The second kappa shape index (κ2) is 8.58. The van der Waals surface area contributed by atoms with E-state index in [9.17, 15) is 21.6 Å². The van der Waals surface area contributed by atoms with Crippen molar-refractivity contribution in [1.82, 2.24) is 0 Å². The lowest BCUT2D eigenvalue weighted by molar-refractivity contribution is -1.07. The number of hydrogen-bond donors (Lipinski definition) is 0. The molecule has 30 heavy (non-hydrogen) atoms. The molecule has 4 unspecified atom stereocenters. The minimum Gasteiger partial charge on any atom is -0.380 e. The quantitative estimate of drug-likeness (QED) is 0.438. The van der Waals surface area contributed by atoms with Crippen molar-refractivity contribution in [1.29, 1.82) is 0 Å². The van der Waals surface area contributed by atoms with Gasteiger partial charge in [-0.1, -0.05) is 62.7 Å². The summed E-state index contributed by atoms with van der Waals surface area (Å²) in [5, 5.41) is 0. The molecule has 1 aliphatic heterocycles. The van der Waals surface area contributed by atoms with E-state index < -0.39 is 26.2 Å². The first-order chi connectivity index (χ1) is 14.0. The summed E-state index contributed by atoms with van der Waals surface area (Å²) in [6.45, 7) is -0.00403. The Kier molecular flexibility index (Phi) is 6.64. The number of benzene rings is 2. The van der Waals surface area contributed by atoms with E-state index in [2.05, 4.69) is 15.9 Å². The van der Waals surface area contributed by atoms with Crippen LogP contribution >= 0.6 is 15.9 Å². The third-order valence-corrected chi connectivity index (χ3v) is 6.91. The van der Waals surface area contributed by atoms with Crippen LogP contribution in [0.3, 0.4) is 0 Å². The SMILES string of the molecule is COC1C(c2ccccc2)C[N+](C)(OS(=O)(=O)C(F)(F)F)CC1c1cccc(Br)c1. The monoisotopic (exact) mass is 508 g/mol. The number of likely N-dealkylation sites (tertiary alicyclic amines) is 1. The molecular formula is C20H22BrF3NO4S+. The van der Waals surface area contributed by atoms with Gasteiger partial charge in [-0.25, -0.2) is 0 Å². The fourth-order valence-corrected chi connectivity index (χ4v) is 5.19. The van der Waals surface area contributed by atoms with Crippen LogP contribution in [0, 0.1) is 0 Å². The number of alkyl halides is 3. The first-order valence-electron chi connectivity index (χ1n) is 9.16. The van der Waals surface area contributed by atoms with E-state index >= 15 is 0 Å². The Hall–Kier alpha value is -1.46. The van der Waals surface area contributed by atoms with E-state index in [1.807, 2.05) is 54.6 Å². The smallest absolute Gasteiger partial charge is 0.380 e. The van der Waals surface area contributed by atoms with E-state index in [4.69, 9.17) is 9.02 Å². The van der Waals surface area contributed by atoms with Crippen LogP contribution in [-0.4, -0.2) is 51.9 Å². The van der Waals surface area contributed by atoms with Crippen LogP contribution < -0.4 is 0 Å². The van der Waals surface area contributed by atoms with Crippen LogP contribution in [0.25, 0.3) is 0 Å². The Labute approximate surface area is 182 Å². The van der Waals surface area contributed by atoms with Crippen molar-refractivity contribution >= 4 is 26.0 Å². The number of likely N-dealkylation sites (N-methyl/N-ethyl adjacent to an activating group) is 1. The van der Waals surface area contributed by atoms with Gasteiger partial charge in [-0.05, 0) is 23.3 Å². The fraction of sp³-hybridized carbons (Fsp3) is 0.400. The van der Waals surface area contributed by atoms with Gasteiger partial charge < -0.3 is 4.74 Å². The van der Waals surface area contributed by atoms with Crippen molar-refractivity contribution < 1.29 is 35.3 Å². The molecule has 5 nitrogen and oxygen atoms in total. The van der Waals surface area contributed by atoms with Gasteiger partial charge in [0.2, 0.25) is 0 Å². The maximum Gasteiger partial charge on any atom is 0.528 e. The number of rotatable bonds is 5. The Balaban J connectivity index is 2.07. The first kappa shape index (κ1) is 23.2. The molecule has 0 aliphatic carbocycles. The molecule has 0 N–H and O–H groups in total. The van der Waals surface area contributed by atoms with E-state index in [0.29, 0.717) is 0 Å². The van der Waals surface area contributed by atoms with Gasteiger partial charge in [0.25, 0.3) is 0 Å². The molecule has 10 heteroatoms. The van der Waals surface area contributed by atoms with Crippen molar-refractivity contribution in [3.05, 3.63) is 70.2 Å². The van der Waals surface area contributed by atoms with Crippen molar-refractivity contribution in [3.63, 3.8) is 0 Å². The summed E-state index contributed by atoms with van der Waals surface area (Å²) in [7, 11) is -2.87. The highest BCUT2D eigenvalue weighted by atomic mass is 79.9. The molecule has 0 bridgehead atoms. The van der Waals surface area contributed by atoms with E-state index in [1.165, 1.54) is 7.05 Å². The summed E-state index contributed by atoms with van der Waals surface area (Å²) in [5.74, 6) is -0.790. The molecule has 4 atom stereocenters. The van der Waals surface area contributed by atoms with Crippen molar-refractivity contribution in [2.24, 2.45) is 0 Å². The summed E-state index contributed by atoms with van der Waals surface area (Å²) in [6, 6.07) is 16.5. The minimum absolute atomic E-state index is 0.00231. The van der Waals surface area contributed by atoms with Gasteiger partial charge >= 0.3 is 15.6 Å². The largest absolute Gasteiger partial charge is 0.528 e. The van der Waals surface area contributed by atoms with Gasteiger partial charge in [0, 0.05) is 11.6 Å². The van der Waals surface area contributed by atoms with Crippen molar-refractivity contribution in [2.75, 3.05) is 27.2 Å². The number of piperidine rings is 1. The number of quaternary nitrogens is 1. The van der Waals surface area contributed by atoms with Gasteiger partial charge in [-0.3, -0.25) is 0 Å². The van der Waals surface area contributed by atoms with E-state index in [0.717, 1.165) is 15.6 Å². The van der Waals surface area contributed by atoms with Crippen LogP contribution in [0.5, 0.6) is 0 Å². The molecule has 2 aromatic rings. The second-order valence-corrected chi connectivity index (χ2v) is 9.95. The molecule has 3 rings (SSSR count). The average molecular weight is 509 g/mol. The molecule has 1 fully saturated rings. The van der Waals surface area contributed by atoms with Crippen LogP contribution in [0.4, 0.5) is 13.2 Å². The third kappa shape index (κ3) is 4.88. The Morgan fingerprint density at radius 2 is 1.57 bits per heavy atom. The maximum absolute atomic E-state index is 13.0. The zero-order chi connectivity index (χ0) is 22.2. The molecule has 2 aromatic carbocycles. The lowest BCUT2D eigenvalue weighted by Crippen LogP contribution is -2.59. The van der Waals surface area contributed by atoms with Crippen LogP contribution in [0.2, 0.25) is 0 Å². The standard InChI is InChI=1S/C20H22BrF3NO4S/c1-25(29-30(26,27)20(22,23)24)12-17(14-7-4-3-5-8-14)19(28-2)18(13-25)15-9-6-10-16(21)11-15/h3-11,17-19H,12-13H2,1-2H3/q+1. The summed E-state index contributed by atoms with van der Waals surface area (Å²) >= 11 is 3.41. The normalized spacial score (nSPS) is 27.7. The molecule has 1 aliphatic rings. The van der Waals surface area contributed by atoms with E-state index in [-0.39, 0.29) is 25.1 Å². The third-order valence-electron chi connectivity index (χ3n) is 5.30. The van der Waals surface area contributed by atoms with Gasteiger partial charge in [0.05, 0.1) is 17.9 Å². The molecule has 1 heterocycles. The average Bonchev–Trinajstić information content (AvgIpc) is 2.66. The Morgan fingerprint density at radius 3 is 2.10 bits per heavy atom. The lowest BCUT2D eigenvalue weighted by Gasteiger charge is -2.45. The Bertz CT molecular complexity index is 987. The molecular weight excluding hydrogens is 487 g/mol. The van der Waals surface area contributed by atoms with Gasteiger partial charge in [-0.2, -0.15) is 26.2 Å². The fourth-order valence-electron chi connectivity index (χ4n) is 4.09. The molecule has 0 saturated carbocycles. The predicted octanol–water partition coefficient (Wildman–Crippen LogP) is 4.57. The Morgan fingerprint density at radius 1 is 1.00 bits per heavy atom. The number of hydroxylamine groups is 3. The molecule has 1 saturated heterocycles. The zero-order valence-corrected chi connectivity index (χ0v) is 18.7. The van der Waals surface area contributed by atoms with Gasteiger partial charge in [0.15, 0.2) is 0 Å². The lowest BCUT2D eigenvalue weighted by atomic mass is 9.78. The van der Waals surface area contributed by atoms with Crippen LogP contribution in [0.1, 0.15) is 23.0 Å². The van der Waals surface area contributed by atoms with Crippen molar-refractivity contribution in [2.45, 2.75) is 23.4 Å². The van der Waals surface area contributed by atoms with Crippen molar-refractivity contribution in [3.8, 4) is 0 Å². The predicted molar refractivity (Wildman–Crippen MR) is 109 cm³/mol. The zero-order valence-electron chi connectivity index (χ0n) is 16.3. The molecule has 0 spiro atoms. The topological polar surface area (TPSA) is 52.6 Å². The van der Waals surface area contributed by atoms with E-state index in [1.54, 1.807) is 7.11 Å². The highest BCUT2D eigenvalue weighted by molar-refractivity contribution is 9.10. The van der Waals surface area contributed by atoms with Gasteiger partial charge in [-0.15, -0.1) is 0 Å². The van der Waals surface area contributed by atoms with Crippen LogP contribution in [-0.2, 0) is 19.1 Å². The molecule has 0 aromatic heterocycles. The summed E-state index contributed by atoms with van der Waals surface area (Å²) in [4.78, 5) is 0. The summed E-state index contributed by atoms with van der Waals surface area (Å²) in [5.41, 5.74) is -3.85. The number of halogens is 4. The number of nitrogens with zero attached hydrogens (tertiary/aromatic N) is 1. The summed E-state index contributed by atoms with van der Waals surface area (Å²) in [6.07, 6.45) is -0.384. The molecule has 0 amide bonds. The second-order valence-electron chi connectivity index (χ2n) is 7.52. The van der Waals surface area contributed by atoms with Crippen LogP contribution in [0.15, 0.2) is 59.1 Å². The molecule has 164 valence electrons. The summed E-state index contributed by atoms with van der Waals surface area (Å²) < 4.78 is 73.4. The maximum atomic E-state index is 13.0. The van der Waals surface area contributed by atoms with Gasteiger partial charge in [0.1, 0.15) is 20.1 Å². The number of hydrogen-bond acceptors (Lipinski definition) is 4. The first-order valence-corrected chi connectivity index (χ1v) is 11.4.